The largest absolute Gasteiger partial charge is 0.440 e. The summed E-state index contributed by atoms with van der Waals surface area (Å²) in [4.78, 5) is 10.4. The number of hydrogen-bond acceptors (Lipinski definition) is 4. The van der Waals surface area contributed by atoms with Crippen molar-refractivity contribution < 1.29 is 22.5 Å². The van der Waals surface area contributed by atoms with Gasteiger partial charge in [-0.25, -0.2) is 4.79 Å². The molecule has 0 bridgehead atoms. The maximum atomic E-state index is 10.4. The number of carbonyl (C=O) groups excluding carboxylic acids is 1. The van der Waals surface area contributed by atoms with Crippen LogP contribution in [0, 0.1) is 0 Å². The third-order valence-corrected chi connectivity index (χ3v) is 1.80. The van der Waals surface area contributed by atoms with Crippen molar-refractivity contribution in [3.63, 3.8) is 0 Å². The van der Waals surface area contributed by atoms with Crippen LogP contribution in [0.4, 0.5) is 0 Å². The van der Waals surface area contributed by atoms with Crippen LogP contribution in [0.1, 0.15) is 6.92 Å². The first-order valence-corrected chi connectivity index (χ1v) is 4.17. The van der Waals surface area contributed by atoms with Crippen LogP contribution >= 0.6 is 0 Å². The molecule has 0 aliphatic carbocycles. The molecule has 5 nitrogen and oxygen atoms in total. The van der Waals surface area contributed by atoms with E-state index in [1.807, 2.05) is 0 Å². The average molecular weight is 180 g/mol. The van der Waals surface area contributed by atoms with Crippen LogP contribution in [0.15, 0.2) is 12.7 Å². The molecule has 11 heavy (non-hydrogen) atoms. The summed E-state index contributed by atoms with van der Waals surface area (Å²) < 4.78 is 32.9. The molecule has 0 fully saturated rings. The van der Waals surface area contributed by atoms with Gasteiger partial charge in [-0.1, -0.05) is 6.58 Å². The summed E-state index contributed by atoms with van der Waals surface area (Å²) in [6.07, 6.45) is 0.807. The van der Waals surface area contributed by atoms with Crippen molar-refractivity contribution in [1.29, 1.82) is 0 Å². The minimum Gasteiger partial charge on any atom is -0.440 e. The van der Waals surface area contributed by atoms with Crippen molar-refractivity contribution in [2.75, 3.05) is 0 Å². The van der Waals surface area contributed by atoms with E-state index in [-0.39, 0.29) is 0 Å². The van der Waals surface area contributed by atoms with Crippen molar-refractivity contribution in [1.82, 2.24) is 0 Å². The molecule has 0 spiro atoms. The van der Waals surface area contributed by atoms with Crippen LogP contribution in [0.5, 0.6) is 0 Å². The minimum atomic E-state index is -4.30. The van der Waals surface area contributed by atoms with Gasteiger partial charge >= 0.3 is 16.1 Å². The van der Waals surface area contributed by atoms with Crippen molar-refractivity contribution in [2.45, 2.75) is 12.4 Å². The second-order valence-electron chi connectivity index (χ2n) is 1.72. The van der Waals surface area contributed by atoms with Gasteiger partial charge in [0.2, 0.25) is 5.44 Å². The zero-order valence-electron chi connectivity index (χ0n) is 5.85. The van der Waals surface area contributed by atoms with Crippen LogP contribution in [-0.4, -0.2) is 24.4 Å². The molecular weight excluding hydrogens is 172 g/mol. The van der Waals surface area contributed by atoms with Gasteiger partial charge in [-0.2, -0.15) is 8.42 Å². The molecule has 0 saturated carbocycles. The summed E-state index contributed by atoms with van der Waals surface area (Å²) >= 11 is 0. The number of ether oxygens (including phenoxy) is 1. The van der Waals surface area contributed by atoms with E-state index >= 15 is 0 Å². The lowest BCUT2D eigenvalue weighted by molar-refractivity contribution is -0.139. The van der Waals surface area contributed by atoms with Crippen molar-refractivity contribution in [3.8, 4) is 0 Å². The average Bonchev–Trinajstić information content (AvgIpc) is 1.85. The molecule has 0 amide bonds. The van der Waals surface area contributed by atoms with Crippen molar-refractivity contribution >= 4 is 16.1 Å². The molecule has 0 aliphatic heterocycles. The molecule has 0 saturated heterocycles. The Kier molecular flexibility index (Phi) is 3.21. The zero-order chi connectivity index (χ0) is 9.07. The second kappa shape index (κ2) is 3.49. The van der Waals surface area contributed by atoms with Gasteiger partial charge in [-0.15, -0.1) is 0 Å². The fourth-order valence-corrected chi connectivity index (χ4v) is 0.489. The van der Waals surface area contributed by atoms with Crippen LogP contribution in [0.25, 0.3) is 0 Å². The Morgan fingerprint density at radius 3 is 2.45 bits per heavy atom. The maximum absolute atomic E-state index is 10.4. The van der Waals surface area contributed by atoms with E-state index in [4.69, 9.17) is 4.55 Å². The molecule has 0 aromatic heterocycles. The Morgan fingerprint density at radius 2 is 2.18 bits per heavy atom. The lowest BCUT2D eigenvalue weighted by Gasteiger charge is -2.06. The van der Waals surface area contributed by atoms with E-state index in [2.05, 4.69) is 11.3 Å². The standard InChI is InChI=1S/C5H8O5S/c1-3-5(6)10-4(2)11(7,8)9/h3-4H,1H2,2H3,(H,7,8,9). The van der Waals surface area contributed by atoms with Gasteiger partial charge in [0.1, 0.15) is 0 Å². The predicted molar refractivity (Wildman–Crippen MR) is 37.3 cm³/mol. The molecule has 1 unspecified atom stereocenters. The highest BCUT2D eigenvalue weighted by Crippen LogP contribution is 1.99. The Hall–Kier alpha value is -0.880. The molecule has 0 rings (SSSR count). The molecule has 0 aliphatic rings. The van der Waals surface area contributed by atoms with E-state index in [1.54, 1.807) is 0 Å². The highest BCUT2D eigenvalue weighted by molar-refractivity contribution is 7.86. The third-order valence-electron chi connectivity index (χ3n) is 0.868. The molecule has 0 aromatic carbocycles. The molecule has 64 valence electrons. The van der Waals surface area contributed by atoms with Gasteiger partial charge in [-0.05, 0) is 6.92 Å². The summed E-state index contributed by atoms with van der Waals surface area (Å²) in [5.74, 6) is -0.893. The molecule has 0 aromatic rings. The van der Waals surface area contributed by atoms with E-state index in [0.29, 0.717) is 0 Å². The summed E-state index contributed by atoms with van der Waals surface area (Å²) in [5, 5.41) is 0. The van der Waals surface area contributed by atoms with Crippen LogP contribution in [0.3, 0.4) is 0 Å². The summed E-state index contributed by atoms with van der Waals surface area (Å²) in [6, 6.07) is 0. The molecule has 0 heterocycles. The van der Waals surface area contributed by atoms with E-state index in [9.17, 15) is 13.2 Å². The van der Waals surface area contributed by atoms with E-state index in [0.717, 1.165) is 13.0 Å². The molecular formula is C5H8O5S. The fraction of sp³-hybridized carbons (Fsp3) is 0.400. The fourth-order valence-electron chi connectivity index (χ4n) is 0.272. The van der Waals surface area contributed by atoms with Crippen molar-refractivity contribution in [3.05, 3.63) is 12.7 Å². The van der Waals surface area contributed by atoms with Gasteiger partial charge in [0, 0.05) is 6.08 Å². The highest BCUT2D eigenvalue weighted by atomic mass is 32.2. The number of carbonyl (C=O) groups is 1. The van der Waals surface area contributed by atoms with Gasteiger partial charge in [0.05, 0.1) is 0 Å². The normalized spacial score (nSPS) is 13.6. The Bertz CT molecular complexity index is 252. The number of rotatable bonds is 3. The maximum Gasteiger partial charge on any atom is 0.331 e. The van der Waals surface area contributed by atoms with Gasteiger partial charge in [0.15, 0.2) is 0 Å². The Morgan fingerprint density at radius 1 is 1.73 bits per heavy atom. The summed E-state index contributed by atoms with van der Waals surface area (Å²) in [6.45, 7) is 4.08. The first-order chi connectivity index (χ1) is 4.88. The molecule has 0 radical (unpaired) electrons. The number of hydrogen-bond donors (Lipinski definition) is 1. The smallest absolute Gasteiger partial charge is 0.331 e. The first-order valence-electron chi connectivity index (χ1n) is 2.67. The van der Waals surface area contributed by atoms with E-state index < -0.39 is 21.5 Å². The molecule has 6 heteroatoms. The first kappa shape index (κ1) is 10.1. The highest BCUT2D eigenvalue weighted by Gasteiger charge is 2.19. The van der Waals surface area contributed by atoms with Gasteiger partial charge in [-0.3, -0.25) is 4.55 Å². The lowest BCUT2D eigenvalue weighted by atomic mass is 10.6. The zero-order valence-corrected chi connectivity index (χ0v) is 6.67. The lowest BCUT2D eigenvalue weighted by Crippen LogP contribution is -2.22. The third kappa shape index (κ3) is 3.74. The van der Waals surface area contributed by atoms with Gasteiger partial charge in [0.25, 0.3) is 0 Å². The monoisotopic (exact) mass is 180 g/mol. The minimum absolute atomic E-state index is 0.807. The predicted octanol–water partition coefficient (Wildman–Crippen LogP) is -0.0506. The Balaban J connectivity index is 4.20. The van der Waals surface area contributed by atoms with Crippen LogP contribution < -0.4 is 0 Å². The summed E-state index contributed by atoms with van der Waals surface area (Å²) in [5.41, 5.74) is -1.55. The van der Waals surface area contributed by atoms with Crippen LogP contribution in [0.2, 0.25) is 0 Å². The SMILES string of the molecule is C=CC(=O)OC(C)S(=O)(=O)O. The number of esters is 1. The summed E-state index contributed by atoms with van der Waals surface area (Å²) in [7, 11) is -4.30. The molecule has 1 atom stereocenters. The second-order valence-corrected chi connectivity index (χ2v) is 3.42. The van der Waals surface area contributed by atoms with Gasteiger partial charge < -0.3 is 4.74 Å². The quantitative estimate of drug-likeness (QED) is 0.374. The topological polar surface area (TPSA) is 80.7 Å². The van der Waals surface area contributed by atoms with E-state index in [1.165, 1.54) is 0 Å². The Labute approximate surface area is 64.4 Å². The molecule has 1 N–H and O–H groups in total. The van der Waals surface area contributed by atoms with Crippen LogP contribution in [-0.2, 0) is 19.6 Å². The van der Waals surface area contributed by atoms with Crippen molar-refractivity contribution in [2.24, 2.45) is 0 Å².